The van der Waals surface area contributed by atoms with Crippen LogP contribution < -0.4 is 0 Å². The fourth-order valence-electron chi connectivity index (χ4n) is 2.49. The standard InChI is InChI=1S/C15H22N2/c1-4-8-12(3)11-17-14-10-7-6-9-13(14)16-15(17)5-2/h6-7,9-10,12H,4-5,8,11H2,1-3H3. The van der Waals surface area contributed by atoms with E-state index in [1.165, 1.54) is 24.2 Å². The van der Waals surface area contributed by atoms with Gasteiger partial charge in [-0.15, -0.1) is 0 Å². The quantitative estimate of drug-likeness (QED) is 0.758. The van der Waals surface area contributed by atoms with Crippen molar-refractivity contribution < 1.29 is 0 Å². The molecule has 2 nitrogen and oxygen atoms in total. The van der Waals surface area contributed by atoms with Gasteiger partial charge in [-0.3, -0.25) is 0 Å². The van der Waals surface area contributed by atoms with E-state index >= 15 is 0 Å². The van der Waals surface area contributed by atoms with Gasteiger partial charge in [0.05, 0.1) is 11.0 Å². The van der Waals surface area contributed by atoms with Gasteiger partial charge in [0.2, 0.25) is 0 Å². The number of imidazole rings is 1. The summed E-state index contributed by atoms with van der Waals surface area (Å²) in [5.74, 6) is 1.94. The van der Waals surface area contributed by atoms with E-state index in [0.29, 0.717) is 0 Å². The highest BCUT2D eigenvalue weighted by Crippen LogP contribution is 2.19. The van der Waals surface area contributed by atoms with Gasteiger partial charge in [-0.05, 0) is 24.5 Å². The number of nitrogens with zero attached hydrogens (tertiary/aromatic N) is 2. The van der Waals surface area contributed by atoms with Gasteiger partial charge in [-0.2, -0.15) is 0 Å². The van der Waals surface area contributed by atoms with Crippen LogP contribution in [-0.2, 0) is 13.0 Å². The summed E-state index contributed by atoms with van der Waals surface area (Å²) in [7, 11) is 0. The maximum absolute atomic E-state index is 4.71. The number of aromatic nitrogens is 2. The minimum atomic E-state index is 0.725. The third-order valence-electron chi connectivity index (χ3n) is 3.33. The number of aryl methyl sites for hydroxylation is 1. The third kappa shape index (κ3) is 2.51. The third-order valence-corrected chi connectivity index (χ3v) is 3.33. The Balaban J connectivity index is 2.36. The molecule has 0 aliphatic rings. The molecule has 1 unspecified atom stereocenters. The van der Waals surface area contributed by atoms with E-state index in [0.717, 1.165) is 24.4 Å². The Hall–Kier alpha value is -1.31. The summed E-state index contributed by atoms with van der Waals surface area (Å²) >= 11 is 0. The Morgan fingerprint density at radius 3 is 2.71 bits per heavy atom. The normalized spacial score (nSPS) is 13.1. The predicted octanol–water partition coefficient (Wildman–Crippen LogP) is 4.03. The molecule has 0 bridgehead atoms. The Morgan fingerprint density at radius 1 is 1.24 bits per heavy atom. The number of hydrogen-bond donors (Lipinski definition) is 0. The molecule has 2 rings (SSSR count). The molecule has 0 fully saturated rings. The van der Waals surface area contributed by atoms with Crippen molar-refractivity contribution in [3.8, 4) is 0 Å². The van der Waals surface area contributed by atoms with Crippen molar-refractivity contribution in [2.45, 2.75) is 46.6 Å². The van der Waals surface area contributed by atoms with Crippen LogP contribution in [0.5, 0.6) is 0 Å². The molecule has 17 heavy (non-hydrogen) atoms. The van der Waals surface area contributed by atoms with Gasteiger partial charge >= 0.3 is 0 Å². The zero-order valence-electron chi connectivity index (χ0n) is 11.1. The number of hydrogen-bond acceptors (Lipinski definition) is 1. The van der Waals surface area contributed by atoms with Gasteiger partial charge in [-0.25, -0.2) is 4.98 Å². The summed E-state index contributed by atoms with van der Waals surface area (Å²) in [6, 6.07) is 8.45. The molecule has 2 heteroatoms. The molecule has 2 aromatic rings. The topological polar surface area (TPSA) is 17.8 Å². The molecule has 0 aliphatic carbocycles. The monoisotopic (exact) mass is 230 g/mol. The Labute approximate surface area is 104 Å². The second-order valence-electron chi connectivity index (χ2n) is 4.87. The van der Waals surface area contributed by atoms with E-state index in [2.05, 4.69) is 49.6 Å². The van der Waals surface area contributed by atoms with Crippen LogP contribution in [0.25, 0.3) is 11.0 Å². The van der Waals surface area contributed by atoms with Gasteiger partial charge < -0.3 is 4.57 Å². The number of rotatable bonds is 5. The van der Waals surface area contributed by atoms with Crippen LogP contribution in [0.15, 0.2) is 24.3 Å². The Bertz CT molecular complexity index is 485. The van der Waals surface area contributed by atoms with Crippen molar-refractivity contribution in [3.63, 3.8) is 0 Å². The van der Waals surface area contributed by atoms with Crippen molar-refractivity contribution in [2.75, 3.05) is 0 Å². The zero-order valence-corrected chi connectivity index (χ0v) is 11.1. The molecule has 0 saturated heterocycles. The Kier molecular flexibility index (Phi) is 3.82. The minimum absolute atomic E-state index is 0.725. The van der Waals surface area contributed by atoms with E-state index < -0.39 is 0 Å². The smallest absolute Gasteiger partial charge is 0.109 e. The largest absolute Gasteiger partial charge is 0.328 e. The van der Waals surface area contributed by atoms with E-state index in [1.54, 1.807) is 0 Å². The molecule has 0 spiro atoms. The van der Waals surface area contributed by atoms with Crippen molar-refractivity contribution >= 4 is 11.0 Å². The van der Waals surface area contributed by atoms with Crippen LogP contribution in [0.2, 0.25) is 0 Å². The summed E-state index contributed by atoms with van der Waals surface area (Å²) in [6.45, 7) is 7.86. The van der Waals surface area contributed by atoms with Crippen LogP contribution in [-0.4, -0.2) is 9.55 Å². The van der Waals surface area contributed by atoms with E-state index in [1.807, 2.05) is 0 Å². The first-order valence-electron chi connectivity index (χ1n) is 6.70. The number of fused-ring (bicyclic) bond motifs is 1. The summed E-state index contributed by atoms with van der Waals surface area (Å²) in [5.41, 5.74) is 2.42. The number of para-hydroxylation sites is 2. The second kappa shape index (κ2) is 5.35. The average molecular weight is 230 g/mol. The molecular weight excluding hydrogens is 208 g/mol. The zero-order chi connectivity index (χ0) is 12.3. The first-order chi connectivity index (χ1) is 8.26. The predicted molar refractivity (Wildman–Crippen MR) is 73.2 cm³/mol. The van der Waals surface area contributed by atoms with Crippen molar-refractivity contribution in [2.24, 2.45) is 5.92 Å². The SMILES string of the molecule is CCCC(C)Cn1c(CC)nc2ccccc21. The highest BCUT2D eigenvalue weighted by molar-refractivity contribution is 5.75. The molecule has 1 aromatic carbocycles. The molecular formula is C15H22N2. The fraction of sp³-hybridized carbons (Fsp3) is 0.533. The highest BCUT2D eigenvalue weighted by Gasteiger charge is 2.11. The lowest BCUT2D eigenvalue weighted by Crippen LogP contribution is -2.10. The molecule has 92 valence electrons. The van der Waals surface area contributed by atoms with Gasteiger partial charge in [0.25, 0.3) is 0 Å². The van der Waals surface area contributed by atoms with Gasteiger partial charge in [0, 0.05) is 13.0 Å². The van der Waals surface area contributed by atoms with E-state index in [4.69, 9.17) is 4.98 Å². The molecule has 0 amide bonds. The molecule has 1 heterocycles. The van der Waals surface area contributed by atoms with E-state index in [9.17, 15) is 0 Å². The first kappa shape index (κ1) is 12.2. The average Bonchev–Trinajstić information content (AvgIpc) is 2.68. The molecule has 1 aromatic heterocycles. The fourth-order valence-corrected chi connectivity index (χ4v) is 2.49. The summed E-state index contributed by atoms with van der Waals surface area (Å²) in [5, 5.41) is 0. The van der Waals surface area contributed by atoms with Crippen molar-refractivity contribution in [1.29, 1.82) is 0 Å². The summed E-state index contributed by atoms with van der Waals surface area (Å²) in [4.78, 5) is 4.71. The maximum atomic E-state index is 4.71. The second-order valence-corrected chi connectivity index (χ2v) is 4.87. The molecule has 0 saturated carbocycles. The van der Waals surface area contributed by atoms with Crippen molar-refractivity contribution in [3.05, 3.63) is 30.1 Å². The molecule has 0 N–H and O–H groups in total. The van der Waals surface area contributed by atoms with Crippen molar-refractivity contribution in [1.82, 2.24) is 9.55 Å². The molecule has 0 aliphatic heterocycles. The number of benzene rings is 1. The Morgan fingerprint density at radius 2 is 2.00 bits per heavy atom. The van der Waals surface area contributed by atoms with Gasteiger partial charge in [0.1, 0.15) is 5.82 Å². The van der Waals surface area contributed by atoms with Crippen LogP contribution in [0.3, 0.4) is 0 Å². The van der Waals surface area contributed by atoms with E-state index in [-0.39, 0.29) is 0 Å². The van der Waals surface area contributed by atoms with Gasteiger partial charge in [-0.1, -0.05) is 39.3 Å². The minimum Gasteiger partial charge on any atom is -0.328 e. The van der Waals surface area contributed by atoms with Crippen LogP contribution in [0.1, 0.15) is 39.4 Å². The van der Waals surface area contributed by atoms with Crippen LogP contribution in [0, 0.1) is 5.92 Å². The summed E-state index contributed by atoms with van der Waals surface area (Å²) in [6.07, 6.45) is 3.55. The lowest BCUT2D eigenvalue weighted by Gasteiger charge is -2.14. The summed E-state index contributed by atoms with van der Waals surface area (Å²) < 4.78 is 2.40. The first-order valence-corrected chi connectivity index (χ1v) is 6.70. The highest BCUT2D eigenvalue weighted by atomic mass is 15.1. The van der Waals surface area contributed by atoms with Crippen LogP contribution in [0.4, 0.5) is 0 Å². The lowest BCUT2D eigenvalue weighted by atomic mass is 10.1. The van der Waals surface area contributed by atoms with Gasteiger partial charge in [0.15, 0.2) is 0 Å². The van der Waals surface area contributed by atoms with Crippen LogP contribution >= 0.6 is 0 Å². The lowest BCUT2D eigenvalue weighted by molar-refractivity contribution is 0.444. The maximum Gasteiger partial charge on any atom is 0.109 e. The molecule has 0 radical (unpaired) electrons. The molecule has 1 atom stereocenters.